The van der Waals surface area contributed by atoms with E-state index in [-0.39, 0.29) is 18.1 Å². The van der Waals surface area contributed by atoms with Crippen molar-refractivity contribution in [3.63, 3.8) is 0 Å². The molecule has 1 N–H and O–H groups in total. The molecule has 1 aliphatic rings. The summed E-state index contributed by atoms with van der Waals surface area (Å²) in [5, 5.41) is 5.31. The molecule has 128 valence electrons. The van der Waals surface area contributed by atoms with Crippen LogP contribution in [0.3, 0.4) is 0 Å². The van der Waals surface area contributed by atoms with Gasteiger partial charge in [0.05, 0.1) is 22.7 Å². The molecule has 1 aliphatic heterocycles. The van der Waals surface area contributed by atoms with Crippen molar-refractivity contribution in [2.75, 3.05) is 5.32 Å². The minimum atomic E-state index is -0.290. The van der Waals surface area contributed by atoms with Gasteiger partial charge in [-0.1, -0.05) is 18.2 Å². The molecule has 2 aromatic heterocycles. The van der Waals surface area contributed by atoms with E-state index in [4.69, 9.17) is 4.74 Å². The number of anilines is 1. The van der Waals surface area contributed by atoms with Gasteiger partial charge < -0.3 is 10.1 Å². The quantitative estimate of drug-likeness (QED) is 0.712. The van der Waals surface area contributed by atoms with Crippen LogP contribution in [0.4, 0.5) is 5.95 Å². The van der Waals surface area contributed by atoms with Crippen molar-refractivity contribution in [1.29, 1.82) is 0 Å². The van der Waals surface area contributed by atoms with Crippen molar-refractivity contribution >= 4 is 34.3 Å². The highest BCUT2D eigenvalue weighted by Crippen LogP contribution is 2.40. The van der Waals surface area contributed by atoms with Crippen molar-refractivity contribution in [2.45, 2.75) is 32.9 Å². The number of hydrogen-bond donors (Lipinski definition) is 1. The molecule has 4 rings (SSSR count). The molecule has 1 atom stereocenters. The normalized spacial score (nSPS) is 16.9. The van der Waals surface area contributed by atoms with Gasteiger partial charge in [-0.15, -0.1) is 11.3 Å². The van der Waals surface area contributed by atoms with E-state index >= 15 is 0 Å². The zero-order valence-electron chi connectivity index (χ0n) is 14.3. The summed E-state index contributed by atoms with van der Waals surface area (Å²) in [6, 6.07) is 11.8. The number of carbonyl (C=O) groups excluding carboxylic acids is 1. The van der Waals surface area contributed by atoms with Gasteiger partial charge >= 0.3 is 5.97 Å². The number of hydrogen-bond acceptors (Lipinski definition) is 5. The lowest BCUT2D eigenvalue weighted by Gasteiger charge is -2.29. The van der Waals surface area contributed by atoms with Gasteiger partial charge in [0.15, 0.2) is 0 Å². The average molecular weight is 353 g/mol. The number of fused-ring (bicyclic) bond motifs is 3. The second kappa shape index (κ2) is 6.04. The molecular formula is C19H19N3O2S. The summed E-state index contributed by atoms with van der Waals surface area (Å²) in [6.07, 6.45) is -0.169. The maximum atomic E-state index is 12.8. The number of thiophene rings is 1. The Morgan fingerprint density at radius 3 is 2.80 bits per heavy atom. The number of nitrogens with one attached hydrogen (secondary N) is 1. The van der Waals surface area contributed by atoms with Crippen LogP contribution in [-0.2, 0) is 9.53 Å². The van der Waals surface area contributed by atoms with Gasteiger partial charge in [0.25, 0.3) is 0 Å². The van der Waals surface area contributed by atoms with Gasteiger partial charge in [-0.2, -0.15) is 0 Å². The summed E-state index contributed by atoms with van der Waals surface area (Å²) < 4.78 is 7.61. The van der Waals surface area contributed by atoms with E-state index in [9.17, 15) is 4.79 Å². The SMILES string of the molecule is CC1=C(C(=O)OC(C)C)[C@@H](c2cccs2)n2c(nc3ccccc32)N1. The van der Waals surface area contributed by atoms with Crippen molar-refractivity contribution in [3.05, 3.63) is 57.9 Å². The fourth-order valence-corrected chi connectivity index (χ4v) is 4.05. The maximum Gasteiger partial charge on any atom is 0.338 e. The monoisotopic (exact) mass is 353 g/mol. The Labute approximate surface area is 149 Å². The molecular weight excluding hydrogens is 334 g/mol. The van der Waals surface area contributed by atoms with Gasteiger partial charge in [-0.25, -0.2) is 9.78 Å². The molecule has 0 fully saturated rings. The predicted octanol–water partition coefficient (Wildman–Crippen LogP) is 4.34. The van der Waals surface area contributed by atoms with Crippen LogP contribution < -0.4 is 5.32 Å². The molecule has 0 unspecified atom stereocenters. The minimum absolute atomic E-state index is 0.169. The standard InChI is InChI=1S/C19H19N3O2S/c1-11(2)24-18(23)16-12(3)20-19-21-13-7-4-5-8-14(13)22(19)17(16)15-9-6-10-25-15/h4-11,17H,1-3H3,(H,20,21)/t17-/m1/s1. The molecule has 6 heteroatoms. The molecule has 0 saturated heterocycles. The fraction of sp³-hybridized carbons (Fsp3) is 0.263. The third-order valence-corrected chi connectivity index (χ3v) is 5.13. The average Bonchev–Trinajstić information content (AvgIpc) is 3.20. The summed E-state index contributed by atoms with van der Waals surface area (Å²) in [5.41, 5.74) is 3.31. The molecule has 1 aromatic carbocycles. The van der Waals surface area contributed by atoms with Crippen LogP contribution in [0.2, 0.25) is 0 Å². The minimum Gasteiger partial charge on any atom is -0.459 e. The summed E-state index contributed by atoms with van der Waals surface area (Å²) in [5.74, 6) is 0.458. The van der Waals surface area contributed by atoms with E-state index in [0.717, 1.165) is 27.6 Å². The zero-order valence-corrected chi connectivity index (χ0v) is 15.1. The Hall–Kier alpha value is -2.60. The number of benzene rings is 1. The van der Waals surface area contributed by atoms with Gasteiger partial charge in [0, 0.05) is 10.6 Å². The van der Waals surface area contributed by atoms with Crippen molar-refractivity contribution in [1.82, 2.24) is 9.55 Å². The third kappa shape index (κ3) is 2.62. The van der Waals surface area contributed by atoms with E-state index < -0.39 is 0 Å². The number of para-hydroxylation sites is 2. The Morgan fingerprint density at radius 1 is 1.28 bits per heavy atom. The highest BCUT2D eigenvalue weighted by Gasteiger charge is 2.35. The van der Waals surface area contributed by atoms with Crippen LogP contribution in [0.15, 0.2) is 53.0 Å². The topological polar surface area (TPSA) is 56.2 Å². The summed E-state index contributed by atoms with van der Waals surface area (Å²) in [4.78, 5) is 18.6. The third-order valence-electron chi connectivity index (χ3n) is 4.21. The van der Waals surface area contributed by atoms with E-state index in [1.807, 2.05) is 56.5 Å². The summed E-state index contributed by atoms with van der Waals surface area (Å²) >= 11 is 1.63. The Balaban J connectivity index is 1.94. The van der Waals surface area contributed by atoms with E-state index in [1.54, 1.807) is 11.3 Å². The molecule has 0 amide bonds. The molecule has 0 radical (unpaired) electrons. The lowest BCUT2D eigenvalue weighted by molar-refractivity contribution is -0.143. The molecule has 0 bridgehead atoms. The molecule has 5 nitrogen and oxygen atoms in total. The molecule has 0 saturated carbocycles. The molecule has 0 aliphatic carbocycles. The molecule has 3 aromatic rings. The van der Waals surface area contributed by atoms with Crippen molar-refractivity contribution in [2.24, 2.45) is 0 Å². The number of aromatic nitrogens is 2. The molecule has 0 spiro atoms. The second-order valence-electron chi connectivity index (χ2n) is 6.33. The fourth-order valence-electron chi connectivity index (χ4n) is 3.22. The van der Waals surface area contributed by atoms with Crippen molar-refractivity contribution < 1.29 is 9.53 Å². The lowest BCUT2D eigenvalue weighted by atomic mass is 10.0. The number of allylic oxidation sites excluding steroid dienone is 1. The van der Waals surface area contributed by atoms with Crippen molar-refractivity contribution in [3.8, 4) is 0 Å². The first-order chi connectivity index (χ1) is 12.1. The van der Waals surface area contributed by atoms with Gasteiger partial charge in [-0.3, -0.25) is 4.57 Å². The first-order valence-corrected chi connectivity index (χ1v) is 9.13. The number of imidazole rings is 1. The smallest absolute Gasteiger partial charge is 0.338 e. The number of nitrogens with zero attached hydrogens (tertiary/aromatic N) is 2. The Morgan fingerprint density at radius 2 is 2.08 bits per heavy atom. The number of rotatable bonds is 3. The highest BCUT2D eigenvalue weighted by molar-refractivity contribution is 7.10. The Kier molecular flexibility index (Phi) is 3.84. The lowest BCUT2D eigenvalue weighted by Crippen LogP contribution is -2.29. The Bertz CT molecular complexity index is 970. The number of carbonyl (C=O) groups is 1. The van der Waals surface area contributed by atoms with Gasteiger partial charge in [-0.05, 0) is 44.4 Å². The van der Waals surface area contributed by atoms with E-state index in [1.165, 1.54) is 0 Å². The van der Waals surface area contributed by atoms with E-state index in [2.05, 4.69) is 20.9 Å². The van der Waals surface area contributed by atoms with E-state index in [0.29, 0.717) is 5.57 Å². The first-order valence-electron chi connectivity index (χ1n) is 8.25. The predicted molar refractivity (Wildman–Crippen MR) is 99.7 cm³/mol. The summed E-state index contributed by atoms with van der Waals surface area (Å²) in [6.45, 7) is 5.63. The first kappa shape index (κ1) is 15.9. The van der Waals surface area contributed by atoms with Crippen LogP contribution >= 0.6 is 11.3 Å². The molecule has 25 heavy (non-hydrogen) atoms. The van der Waals surface area contributed by atoms with Gasteiger partial charge in [0.2, 0.25) is 5.95 Å². The molecule has 3 heterocycles. The summed E-state index contributed by atoms with van der Waals surface area (Å²) in [7, 11) is 0. The largest absolute Gasteiger partial charge is 0.459 e. The maximum absolute atomic E-state index is 12.8. The van der Waals surface area contributed by atoms with Crippen LogP contribution in [0.1, 0.15) is 31.7 Å². The second-order valence-corrected chi connectivity index (χ2v) is 7.31. The number of esters is 1. The van der Waals surface area contributed by atoms with Crippen LogP contribution in [0.25, 0.3) is 11.0 Å². The van der Waals surface area contributed by atoms with Crippen LogP contribution in [-0.4, -0.2) is 21.6 Å². The van der Waals surface area contributed by atoms with Crippen LogP contribution in [0.5, 0.6) is 0 Å². The number of ether oxygens (including phenoxy) is 1. The highest BCUT2D eigenvalue weighted by atomic mass is 32.1. The zero-order chi connectivity index (χ0) is 17.6. The van der Waals surface area contributed by atoms with Crippen LogP contribution in [0, 0.1) is 0 Å². The van der Waals surface area contributed by atoms with Gasteiger partial charge in [0.1, 0.15) is 6.04 Å².